The van der Waals surface area contributed by atoms with Gasteiger partial charge in [0.1, 0.15) is 11.6 Å². The van der Waals surface area contributed by atoms with E-state index in [0.29, 0.717) is 24.7 Å². The van der Waals surface area contributed by atoms with Crippen LogP contribution >= 0.6 is 0 Å². The molecule has 6 atom stereocenters. The molecule has 8 rings (SSSR count). The van der Waals surface area contributed by atoms with Crippen LogP contribution < -0.4 is 0 Å². The van der Waals surface area contributed by atoms with Gasteiger partial charge in [-0.2, -0.15) is 0 Å². The predicted molar refractivity (Wildman–Crippen MR) is 213 cm³/mol. The van der Waals surface area contributed by atoms with Gasteiger partial charge in [0.25, 0.3) is 0 Å². The van der Waals surface area contributed by atoms with Gasteiger partial charge in [0, 0.05) is 35.9 Å². The van der Waals surface area contributed by atoms with Gasteiger partial charge in [-0.3, -0.25) is 9.59 Å². The highest BCUT2D eigenvalue weighted by Gasteiger charge is 2.38. The third-order valence-corrected chi connectivity index (χ3v) is 13.0. The maximum absolute atomic E-state index is 13.4. The molecule has 8 nitrogen and oxygen atoms in total. The van der Waals surface area contributed by atoms with Crippen molar-refractivity contribution in [2.24, 2.45) is 11.8 Å². The Hall–Kier alpha value is -4.46. The lowest BCUT2D eigenvalue weighted by Crippen LogP contribution is -2.36. The van der Waals surface area contributed by atoms with Crippen LogP contribution in [0.4, 0.5) is 0 Å². The number of aromatic amines is 2. The molecule has 0 spiro atoms. The van der Waals surface area contributed by atoms with Crippen molar-refractivity contribution >= 4 is 33.6 Å². The van der Waals surface area contributed by atoms with E-state index in [-0.39, 0.29) is 36.0 Å². The molecule has 2 fully saturated rings. The molecule has 2 aliphatic heterocycles. The minimum absolute atomic E-state index is 0.00639. The first-order valence-electron chi connectivity index (χ1n) is 20.4. The van der Waals surface area contributed by atoms with Gasteiger partial charge >= 0.3 is 0 Å². The number of carbonyl (C=O) groups excluding carboxylic acids is 2. The SMILES string of the molecule is CC[C@H](C)CC(=O)N1[C@@H](C)CC[C@H]1c1ncc(-c2ccc(-c3ccc4c(ccc5[nH]c([C@@H]6CC[C@H](C)N6C(=O)C[C@@H](C)CC)nc54)c3)c3c2CCC3)[nH]1. The molecule has 53 heavy (non-hydrogen) atoms. The number of amides is 2. The summed E-state index contributed by atoms with van der Waals surface area (Å²) in [6.45, 7) is 13.0. The van der Waals surface area contributed by atoms with E-state index in [4.69, 9.17) is 9.97 Å². The molecule has 0 radical (unpaired) electrons. The summed E-state index contributed by atoms with van der Waals surface area (Å²) in [5.41, 5.74) is 9.64. The summed E-state index contributed by atoms with van der Waals surface area (Å²) in [5.74, 6) is 3.08. The number of aromatic nitrogens is 4. The third kappa shape index (κ3) is 6.46. The Morgan fingerprint density at radius 1 is 0.774 bits per heavy atom. The van der Waals surface area contributed by atoms with Crippen LogP contribution in [0.25, 0.3) is 44.2 Å². The Bertz CT molecular complexity index is 2160. The molecule has 0 saturated carbocycles. The highest BCUT2D eigenvalue weighted by molar-refractivity contribution is 6.05. The van der Waals surface area contributed by atoms with Crippen molar-refractivity contribution in [2.75, 3.05) is 0 Å². The monoisotopic (exact) mass is 712 g/mol. The van der Waals surface area contributed by atoms with Gasteiger partial charge < -0.3 is 19.8 Å². The molecule has 4 heterocycles. The molecule has 5 aromatic rings. The summed E-state index contributed by atoms with van der Waals surface area (Å²) >= 11 is 0. The van der Waals surface area contributed by atoms with Crippen molar-refractivity contribution in [3.05, 3.63) is 71.4 Å². The van der Waals surface area contributed by atoms with Crippen LogP contribution in [0.1, 0.15) is 134 Å². The van der Waals surface area contributed by atoms with E-state index in [1.165, 1.54) is 33.2 Å². The summed E-state index contributed by atoms with van der Waals surface area (Å²) in [5, 5.41) is 2.30. The van der Waals surface area contributed by atoms with Crippen molar-refractivity contribution in [2.45, 2.75) is 136 Å². The van der Waals surface area contributed by atoms with Crippen LogP contribution in [0, 0.1) is 11.8 Å². The number of benzene rings is 3. The molecule has 3 aromatic carbocycles. The zero-order valence-electron chi connectivity index (χ0n) is 32.5. The predicted octanol–water partition coefficient (Wildman–Crippen LogP) is 10.2. The molecule has 3 aliphatic rings. The molecular weight excluding hydrogens is 657 g/mol. The summed E-state index contributed by atoms with van der Waals surface area (Å²) in [6, 6.07) is 16.2. The maximum atomic E-state index is 13.4. The van der Waals surface area contributed by atoms with Gasteiger partial charge in [0.2, 0.25) is 11.8 Å². The molecule has 8 heteroatoms. The van der Waals surface area contributed by atoms with Gasteiger partial charge in [0.05, 0.1) is 35.0 Å². The van der Waals surface area contributed by atoms with Crippen molar-refractivity contribution in [3.8, 4) is 22.4 Å². The highest BCUT2D eigenvalue weighted by atomic mass is 16.2. The van der Waals surface area contributed by atoms with E-state index in [2.05, 4.69) is 104 Å². The fraction of sp³-hybridized carbons (Fsp3) is 0.511. The van der Waals surface area contributed by atoms with E-state index in [1.54, 1.807) is 0 Å². The zero-order chi connectivity index (χ0) is 37.0. The molecule has 278 valence electrons. The van der Waals surface area contributed by atoms with Crippen molar-refractivity contribution in [1.29, 1.82) is 0 Å². The number of nitrogens with zero attached hydrogens (tertiary/aromatic N) is 4. The lowest BCUT2D eigenvalue weighted by atomic mass is 9.91. The molecule has 2 amide bonds. The second-order valence-electron chi connectivity index (χ2n) is 16.6. The molecule has 2 aromatic heterocycles. The van der Waals surface area contributed by atoms with Crippen LogP contribution in [0.15, 0.2) is 48.7 Å². The van der Waals surface area contributed by atoms with Crippen molar-refractivity contribution < 1.29 is 9.59 Å². The smallest absolute Gasteiger partial charge is 0.223 e. The number of rotatable bonds is 10. The van der Waals surface area contributed by atoms with Crippen molar-refractivity contribution in [3.63, 3.8) is 0 Å². The summed E-state index contributed by atoms with van der Waals surface area (Å²) in [7, 11) is 0. The van der Waals surface area contributed by atoms with Crippen LogP contribution in [0.5, 0.6) is 0 Å². The molecule has 2 N–H and O–H groups in total. The number of fused-ring (bicyclic) bond motifs is 4. The first-order valence-corrected chi connectivity index (χ1v) is 20.4. The van der Waals surface area contributed by atoms with Gasteiger partial charge in [-0.05, 0) is 110 Å². The zero-order valence-corrected chi connectivity index (χ0v) is 32.5. The lowest BCUT2D eigenvalue weighted by molar-refractivity contribution is -0.135. The lowest BCUT2D eigenvalue weighted by Gasteiger charge is -2.28. The molecule has 2 saturated heterocycles. The van der Waals surface area contributed by atoms with Crippen LogP contribution in [-0.4, -0.2) is 53.6 Å². The van der Waals surface area contributed by atoms with E-state index in [1.807, 2.05) is 6.20 Å². The topological polar surface area (TPSA) is 98.0 Å². The minimum atomic E-state index is -0.00639. The Balaban J connectivity index is 1.07. The number of imidazole rings is 2. The fourth-order valence-electron chi connectivity index (χ4n) is 9.46. The van der Waals surface area contributed by atoms with E-state index in [9.17, 15) is 9.59 Å². The second kappa shape index (κ2) is 14.4. The van der Waals surface area contributed by atoms with Crippen molar-refractivity contribution in [1.82, 2.24) is 29.7 Å². The largest absolute Gasteiger partial charge is 0.340 e. The van der Waals surface area contributed by atoms with E-state index >= 15 is 0 Å². The van der Waals surface area contributed by atoms with E-state index < -0.39 is 0 Å². The van der Waals surface area contributed by atoms with Crippen LogP contribution in [0.2, 0.25) is 0 Å². The number of nitrogens with one attached hydrogen (secondary N) is 2. The normalized spacial score (nSPS) is 22.6. The van der Waals surface area contributed by atoms with Gasteiger partial charge in [-0.15, -0.1) is 0 Å². The molecule has 1 aliphatic carbocycles. The Labute approximate surface area is 314 Å². The molecular formula is C45H56N6O2. The number of likely N-dealkylation sites (tertiary alicyclic amines) is 2. The Morgan fingerprint density at radius 3 is 2.06 bits per heavy atom. The van der Waals surface area contributed by atoms with Gasteiger partial charge in [0.15, 0.2) is 0 Å². The summed E-state index contributed by atoms with van der Waals surface area (Å²) in [4.78, 5) is 48.3. The quantitative estimate of drug-likeness (QED) is 0.151. The maximum Gasteiger partial charge on any atom is 0.223 e. The standard InChI is InChI=1S/C45H56N6O2/c1-7-26(3)22-41(52)50-28(5)12-20-39(50)44-46-25-38(48-44)36-18-17-32(34-10-9-11-35(34)36)30-14-16-33-31(24-30)15-19-37-43(33)49-45(47-37)40-21-13-29(6)51(40)42(53)23-27(4)8-2/h14-19,24-29,39-40H,7-13,20-23H2,1-6H3,(H,46,48)(H,47,49)/t26-,27-,28-,29-,39-,40-/m0/s1. The third-order valence-electron chi connectivity index (χ3n) is 13.0. The summed E-state index contributed by atoms with van der Waals surface area (Å²) < 4.78 is 0. The highest BCUT2D eigenvalue weighted by Crippen LogP contribution is 2.42. The van der Waals surface area contributed by atoms with Crippen LogP contribution in [-0.2, 0) is 22.4 Å². The average Bonchev–Trinajstić information content (AvgIpc) is 4.00. The second-order valence-corrected chi connectivity index (χ2v) is 16.6. The number of carbonyl (C=O) groups is 2. The van der Waals surface area contributed by atoms with Gasteiger partial charge in [-0.1, -0.05) is 70.9 Å². The number of hydrogen-bond donors (Lipinski definition) is 2. The first-order chi connectivity index (χ1) is 25.6. The molecule has 0 bridgehead atoms. The Kier molecular flexibility index (Phi) is 9.67. The number of H-pyrrole nitrogens is 2. The Morgan fingerprint density at radius 2 is 1.40 bits per heavy atom. The molecule has 0 unspecified atom stereocenters. The minimum Gasteiger partial charge on any atom is -0.340 e. The average molecular weight is 713 g/mol. The van der Waals surface area contributed by atoms with E-state index in [0.717, 1.165) is 91.5 Å². The van der Waals surface area contributed by atoms with Crippen LogP contribution in [0.3, 0.4) is 0 Å². The fourth-order valence-corrected chi connectivity index (χ4v) is 9.46. The number of hydrogen-bond acceptors (Lipinski definition) is 4. The van der Waals surface area contributed by atoms with Gasteiger partial charge in [-0.25, -0.2) is 9.97 Å². The summed E-state index contributed by atoms with van der Waals surface area (Å²) in [6.07, 6.45) is 12.3. The first kappa shape index (κ1) is 35.6.